The molecule has 1 atom stereocenters. The standard InChI is InChI=1S/C27H33N7O3/c1-31-11-4-6-20(31)18-37-26-29-23-17-34(24-21-7-3-2-5-19(21)8-10-28-24)12-9-22(23)25(30-26)32-13-15-33(16-14-32)27(35)36/h2-3,5,7-8,10,20H,4,6,9,11-18H2,1H3,(H,35,36)/t20-/m0/s1. The van der Waals surface area contributed by atoms with Crippen LogP contribution in [0.5, 0.6) is 6.01 Å². The van der Waals surface area contributed by atoms with Crippen LogP contribution in [0, 0.1) is 0 Å². The van der Waals surface area contributed by atoms with Crippen molar-refractivity contribution < 1.29 is 14.6 Å². The highest BCUT2D eigenvalue weighted by atomic mass is 16.5. The highest BCUT2D eigenvalue weighted by Gasteiger charge is 2.30. The van der Waals surface area contributed by atoms with Crippen molar-refractivity contribution in [3.8, 4) is 6.01 Å². The van der Waals surface area contributed by atoms with E-state index in [0.29, 0.717) is 51.4 Å². The van der Waals surface area contributed by atoms with Crippen molar-refractivity contribution in [3.63, 3.8) is 0 Å². The summed E-state index contributed by atoms with van der Waals surface area (Å²) in [4.78, 5) is 34.2. The Hall–Kier alpha value is -3.66. The largest absolute Gasteiger partial charge is 0.465 e. The summed E-state index contributed by atoms with van der Waals surface area (Å²) in [6, 6.07) is 11.1. The number of likely N-dealkylation sites (tertiary alicyclic amines) is 1. The lowest BCUT2D eigenvalue weighted by atomic mass is 10.0. The topological polar surface area (TPSA) is 98.2 Å². The summed E-state index contributed by atoms with van der Waals surface area (Å²) in [6.45, 7) is 5.23. The van der Waals surface area contributed by atoms with Crippen LogP contribution in [-0.4, -0.2) is 94.9 Å². The van der Waals surface area contributed by atoms with Crippen molar-refractivity contribution >= 4 is 28.5 Å². The molecule has 1 N–H and O–H groups in total. The number of pyridine rings is 1. The molecule has 5 heterocycles. The Morgan fingerprint density at radius 2 is 1.86 bits per heavy atom. The number of rotatable bonds is 5. The quantitative estimate of drug-likeness (QED) is 0.564. The van der Waals surface area contributed by atoms with Gasteiger partial charge in [0.2, 0.25) is 0 Å². The van der Waals surface area contributed by atoms with E-state index in [-0.39, 0.29) is 0 Å². The van der Waals surface area contributed by atoms with E-state index in [1.807, 2.05) is 18.3 Å². The number of anilines is 2. The molecule has 3 aliphatic rings. The second-order valence-electron chi connectivity index (χ2n) is 10.1. The molecule has 0 aliphatic carbocycles. The van der Waals surface area contributed by atoms with Crippen LogP contribution in [0.2, 0.25) is 0 Å². The van der Waals surface area contributed by atoms with Gasteiger partial charge < -0.3 is 29.4 Å². The fraction of sp³-hybridized carbons (Fsp3) is 0.481. The molecule has 10 nitrogen and oxygen atoms in total. The van der Waals surface area contributed by atoms with Gasteiger partial charge in [0.05, 0.1) is 12.2 Å². The number of likely N-dealkylation sites (N-methyl/N-ethyl adjacent to an activating group) is 1. The van der Waals surface area contributed by atoms with Gasteiger partial charge in [0.1, 0.15) is 18.2 Å². The fourth-order valence-corrected chi connectivity index (χ4v) is 5.72. The van der Waals surface area contributed by atoms with Gasteiger partial charge in [0.25, 0.3) is 0 Å². The van der Waals surface area contributed by atoms with E-state index >= 15 is 0 Å². The molecule has 0 saturated carbocycles. The number of amides is 1. The fourth-order valence-electron chi connectivity index (χ4n) is 5.72. The smallest absolute Gasteiger partial charge is 0.407 e. The van der Waals surface area contributed by atoms with Crippen molar-refractivity contribution in [1.29, 1.82) is 0 Å². The van der Waals surface area contributed by atoms with Gasteiger partial charge in [-0.2, -0.15) is 9.97 Å². The summed E-state index contributed by atoms with van der Waals surface area (Å²) in [7, 11) is 2.14. The molecule has 2 fully saturated rings. The lowest BCUT2D eigenvalue weighted by Crippen LogP contribution is -2.49. The van der Waals surface area contributed by atoms with Gasteiger partial charge in [0.15, 0.2) is 0 Å². The Kier molecular flexibility index (Phi) is 6.42. The molecule has 10 heteroatoms. The van der Waals surface area contributed by atoms with Gasteiger partial charge in [-0.1, -0.05) is 24.3 Å². The number of aromatic nitrogens is 3. The average Bonchev–Trinajstić information content (AvgIpc) is 3.35. The van der Waals surface area contributed by atoms with E-state index in [1.165, 1.54) is 16.7 Å². The molecular weight excluding hydrogens is 470 g/mol. The summed E-state index contributed by atoms with van der Waals surface area (Å²) in [5, 5.41) is 11.7. The Morgan fingerprint density at radius 1 is 1.03 bits per heavy atom. The lowest BCUT2D eigenvalue weighted by Gasteiger charge is -2.37. The summed E-state index contributed by atoms with van der Waals surface area (Å²) in [5.41, 5.74) is 2.09. The number of piperazine rings is 1. The van der Waals surface area contributed by atoms with Crippen LogP contribution in [-0.2, 0) is 13.0 Å². The third-order valence-corrected chi connectivity index (χ3v) is 7.90. The average molecular weight is 504 g/mol. The molecule has 3 aromatic rings. The van der Waals surface area contributed by atoms with E-state index < -0.39 is 6.09 Å². The van der Waals surface area contributed by atoms with Crippen LogP contribution >= 0.6 is 0 Å². The monoisotopic (exact) mass is 503 g/mol. The van der Waals surface area contributed by atoms with Crippen molar-refractivity contribution in [1.82, 2.24) is 24.8 Å². The first-order chi connectivity index (χ1) is 18.1. The van der Waals surface area contributed by atoms with Crippen molar-refractivity contribution in [3.05, 3.63) is 47.8 Å². The van der Waals surface area contributed by atoms with Gasteiger partial charge >= 0.3 is 12.1 Å². The maximum atomic E-state index is 11.4. The number of ether oxygens (including phenoxy) is 1. The van der Waals surface area contributed by atoms with Crippen LogP contribution in [0.3, 0.4) is 0 Å². The first-order valence-electron chi connectivity index (χ1n) is 13.1. The van der Waals surface area contributed by atoms with Crippen LogP contribution < -0.4 is 14.5 Å². The molecule has 0 spiro atoms. The molecule has 2 aromatic heterocycles. The number of hydrogen-bond acceptors (Lipinski definition) is 8. The Morgan fingerprint density at radius 3 is 2.65 bits per heavy atom. The molecule has 0 unspecified atom stereocenters. The zero-order valence-corrected chi connectivity index (χ0v) is 21.2. The predicted molar refractivity (Wildman–Crippen MR) is 141 cm³/mol. The highest BCUT2D eigenvalue weighted by molar-refractivity contribution is 5.92. The second kappa shape index (κ2) is 10.0. The van der Waals surface area contributed by atoms with Gasteiger partial charge in [-0.15, -0.1) is 0 Å². The predicted octanol–water partition coefficient (Wildman–Crippen LogP) is 2.86. The molecule has 37 heavy (non-hydrogen) atoms. The van der Waals surface area contributed by atoms with E-state index in [9.17, 15) is 9.90 Å². The second-order valence-corrected chi connectivity index (χ2v) is 10.1. The van der Waals surface area contributed by atoms with Crippen LogP contribution in [0.4, 0.5) is 16.4 Å². The highest BCUT2D eigenvalue weighted by Crippen LogP contribution is 2.33. The minimum absolute atomic E-state index is 0.374. The van der Waals surface area contributed by atoms with Crippen molar-refractivity contribution in [2.24, 2.45) is 0 Å². The maximum absolute atomic E-state index is 11.4. The number of carboxylic acid groups (broad SMARTS) is 1. The Bertz CT molecular complexity index is 1290. The van der Waals surface area contributed by atoms with Gasteiger partial charge in [-0.25, -0.2) is 9.78 Å². The third-order valence-electron chi connectivity index (χ3n) is 7.90. The molecule has 3 aliphatic heterocycles. The summed E-state index contributed by atoms with van der Waals surface area (Å²) >= 11 is 0. The molecule has 194 valence electrons. The molecular formula is C27H33N7O3. The molecule has 6 rings (SSSR count). The van der Waals surface area contributed by atoms with Crippen molar-refractivity contribution in [2.45, 2.75) is 31.8 Å². The van der Waals surface area contributed by atoms with Crippen molar-refractivity contribution in [2.75, 3.05) is 62.7 Å². The molecule has 1 amide bonds. The van der Waals surface area contributed by atoms with E-state index in [4.69, 9.17) is 19.7 Å². The maximum Gasteiger partial charge on any atom is 0.407 e. The summed E-state index contributed by atoms with van der Waals surface area (Å²) < 4.78 is 6.20. The Labute approximate surface area is 216 Å². The van der Waals surface area contributed by atoms with Crippen LogP contribution in [0.15, 0.2) is 36.5 Å². The summed E-state index contributed by atoms with van der Waals surface area (Å²) in [6.07, 6.45) is 4.09. The number of nitrogens with zero attached hydrogens (tertiary/aromatic N) is 7. The zero-order valence-electron chi connectivity index (χ0n) is 21.2. The van der Waals surface area contributed by atoms with Gasteiger partial charge in [-0.05, 0) is 44.3 Å². The molecule has 0 radical (unpaired) electrons. The summed E-state index contributed by atoms with van der Waals surface area (Å²) in [5.74, 6) is 1.85. The molecule has 1 aromatic carbocycles. The van der Waals surface area contributed by atoms with E-state index in [0.717, 1.165) is 54.2 Å². The van der Waals surface area contributed by atoms with E-state index in [2.05, 4.69) is 39.9 Å². The third kappa shape index (κ3) is 4.73. The lowest BCUT2D eigenvalue weighted by molar-refractivity contribution is 0.142. The van der Waals surface area contributed by atoms with Crippen LogP contribution in [0.1, 0.15) is 24.1 Å². The zero-order chi connectivity index (χ0) is 25.4. The minimum atomic E-state index is -0.868. The number of benzene rings is 1. The molecule has 2 saturated heterocycles. The Balaban J connectivity index is 1.30. The van der Waals surface area contributed by atoms with Gasteiger partial charge in [-0.3, -0.25) is 0 Å². The van der Waals surface area contributed by atoms with E-state index in [1.54, 1.807) is 0 Å². The number of carbonyl (C=O) groups is 1. The van der Waals surface area contributed by atoms with Crippen LogP contribution in [0.25, 0.3) is 10.8 Å². The SMILES string of the molecule is CN1CCC[C@H]1COc1nc2c(c(N3CCN(C(=O)O)CC3)n1)CCN(c1nccc3ccccc13)C2. The molecule has 0 bridgehead atoms. The number of hydrogen-bond donors (Lipinski definition) is 1. The normalized spacial score (nSPS) is 20.4. The first kappa shape index (κ1) is 23.7. The van der Waals surface area contributed by atoms with Gasteiger partial charge in [0, 0.05) is 55.9 Å². The minimum Gasteiger partial charge on any atom is -0.465 e. The number of fused-ring (bicyclic) bond motifs is 2. The first-order valence-corrected chi connectivity index (χ1v) is 13.1.